The fraction of sp³-hybridized carbons (Fsp3) is 0.320. The number of rotatable bonds is 11. The van der Waals surface area contributed by atoms with Crippen LogP contribution in [0.25, 0.3) is 0 Å². The molecule has 9 heteroatoms. The number of H-pyrrole nitrogens is 1. The summed E-state index contributed by atoms with van der Waals surface area (Å²) >= 11 is 0. The molecule has 1 aliphatic rings. The Balaban J connectivity index is 1.65. The zero-order valence-corrected chi connectivity index (χ0v) is 20.1. The van der Waals surface area contributed by atoms with E-state index in [2.05, 4.69) is 10.3 Å². The lowest BCUT2D eigenvalue weighted by Gasteiger charge is -2.25. The number of benzene rings is 2. The third-order valence-electron chi connectivity index (χ3n) is 5.66. The van der Waals surface area contributed by atoms with Crippen LogP contribution in [0.2, 0.25) is 0 Å². The van der Waals surface area contributed by atoms with E-state index in [1.165, 1.54) is 4.31 Å². The molecule has 1 aromatic heterocycles. The minimum absolute atomic E-state index is 0.0751. The molecule has 0 saturated heterocycles. The number of hydrogen-bond donors (Lipinski definition) is 2. The van der Waals surface area contributed by atoms with E-state index in [0.717, 1.165) is 12.8 Å². The van der Waals surface area contributed by atoms with Gasteiger partial charge in [0.25, 0.3) is 5.56 Å². The second kappa shape index (κ2) is 10.2. The Kier molecular flexibility index (Phi) is 7.12. The SMILES string of the molecule is CCS(=O)(=O)N(c1cccc(NCc2ccc[nH]c2=O)c1)c1ccc(OC)c(OCC2CC2)c1. The van der Waals surface area contributed by atoms with Gasteiger partial charge in [-0.25, -0.2) is 12.7 Å². The lowest BCUT2D eigenvalue weighted by atomic mass is 10.2. The van der Waals surface area contributed by atoms with Crippen LogP contribution in [0.5, 0.6) is 11.5 Å². The van der Waals surface area contributed by atoms with E-state index in [4.69, 9.17) is 9.47 Å². The molecule has 34 heavy (non-hydrogen) atoms. The van der Waals surface area contributed by atoms with Crippen molar-refractivity contribution in [3.8, 4) is 11.5 Å². The van der Waals surface area contributed by atoms with Gasteiger partial charge in [0.2, 0.25) is 10.0 Å². The molecule has 0 bridgehead atoms. The molecule has 0 aliphatic heterocycles. The van der Waals surface area contributed by atoms with Crippen LogP contribution in [0.3, 0.4) is 0 Å². The van der Waals surface area contributed by atoms with Crippen LogP contribution in [0.1, 0.15) is 25.3 Å². The topological polar surface area (TPSA) is 101 Å². The normalized spacial score (nSPS) is 13.4. The molecule has 0 radical (unpaired) electrons. The molecular weight excluding hydrogens is 454 g/mol. The summed E-state index contributed by atoms with van der Waals surface area (Å²) in [5, 5.41) is 3.20. The highest BCUT2D eigenvalue weighted by atomic mass is 32.2. The first-order valence-electron chi connectivity index (χ1n) is 11.3. The maximum Gasteiger partial charge on any atom is 0.252 e. The van der Waals surface area contributed by atoms with Gasteiger partial charge < -0.3 is 19.8 Å². The minimum Gasteiger partial charge on any atom is -0.493 e. The van der Waals surface area contributed by atoms with Crippen molar-refractivity contribution in [2.45, 2.75) is 26.3 Å². The van der Waals surface area contributed by atoms with E-state index in [9.17, 15) is 13.2 Å². The first-order valence-corrected chi connectivity index (χ1v) is 12.9. The Bertz CT molecular complexity index is 1300. The number of methoxy groups -OCH3 is 1. The van der Waals surface area contributed by atoms with Gasteiger partial charge in [-0.2, -0.15) is 0 Å². The zero-order chi connectivity index (χ0) is 24.1. The quantitative estimate of drug-likeness (QED) is 0.422. The second-order valence-electron chi connectivity index (χ2n) is 8.18. The number of nitrogens with zero attached hydrogens (tertiary/aromatic N) is 1. The third-order valence-corrected chi connectivity index (χ3v) is 7.37. The summed E-state index contributed by atoms with van der Waals surface area (Å²) in [6.07, 6.45) is 3.87. The number of nitrogens with one attached hydrogen (secondary N) is 2. The summed E-state index contributed by atoms with van der Waals surface area (Å²) in [6.45, 7) is 2.50. The number of anilines is 3. The molecule has 1 heterocycles. The number of hydrogen-bond acceptors (Lipinski definition) is 6. The predicted octanol–water partition coefficient (Wildman–Crippen LogP) is 4.27. The lowest BCUT2D eigenvalue weighted by Crippen LogP contribution is -2.27. The summed E-state index contributed by atoms with van der Waals surface area (Å²) in [5.74, 6) is 1.54. The molecular formula is C25H29N3O5S. The van der Waals surface area contributed by atoms with E-state index < -0.39 is 10.0 Å². The Morgan fingerprint density at radius 1 is 1.06 bits per heavy atom. The van der Waals surface area contributed by atoms with E-state index in [1.54, 1.807) is 68.8 Å². The fourth-order valence-electron chi connectivity index (χ4n) is 3.53. The van der Waals surface area contributed by atoms with Crippen molar-refractivity contribution in [3.63, 3.8) is 0 Å². The maximum absolute atomic E-state index is 13.2. The predicted molar refractivity (Wildman–Crippen MR) is 134 cm³/mol. The zero-order valence-electron chi connectivity index (χ0n) is 19.3. The summed E-state index contributed by atoms with van der Waals surface area (Å²) in [6, 6.07) is 15.7. The van der Waals surface area contributed by atoms with Gasteiger partial charge in [-0.15, -0.1) is 0 Å². The standard InChI is InChI=1S/C25H29N3O5S/c1-3-34(30,31)28(22-11-12-23(32-2)24(15-22)33-17-18-9-10-18)21-8-4-7-20(14-21)27-16-19-6-5-13-26-25(19)29/h4-8,11-15,18,27H,3,9-10,16-17H2,1-2H3,(H,26,29). The number of pyridine rings is 1. The van der Waals surface area contributed by atoms with E-state index in [-0.39, 0.29) is 11.3 Å². The molecule has 2 N–H and O–H groups in total. The Morgan fingerprint density at radius 2 is 1.85 bits per heavy atom. The van der Waals surface area contributed by atoms with Gasteiger partial charge in [-0.1, -0.05) is 12.1 Å². The van der Waals surface area contributed by atoms with Crippen molar-refractivity contribution in [2.75, 3.05) is 29.1 Å². The second-order valence-corrected chi connectivity index (χ2v) is 10.3. The molecule has 2 aromatic carbocycles. The van der Waals surface area contributed by atoms with Crippen LogP contribution >= 0.6 is 0 Å². The average Bonchev–Trinajstić information content (AvgIpc) is 3.67. The monoisotopic (exact) mass is 483 g/mol. The summed E-state index contributed by atoms with van der Waals surface area (Å²) < 4.78 is 39.0. The number of ether oxygens (including phenoxy) is 2. The van der Waals surface area contributed by atoms with Crippen LogP contribution < -0.4 is 24.7 Å². The number of sulfonamides is 1. The van der Waals surface area contributed by atoms with Crippen LogP contribution in [0, 0.1) is 5.92 Å². The van der Waals surface area contributed by atoms with Gasteiger partial charge in [0.15, 0.2) is 11.5 Å². The molecule has 1 saturated carbocycles. The molecule has 0 amide bonds. The van der Waals surface area contributed by atoms with Crippen molar-refractivity contribution >= 4 is 27.1 Å². The Hall–Kier alpha value is -3.46. The smallest absolute Gasteiger partial charge is 0.252 e. The Labute approximate surface area is 199 Å². The van der Waals surface area contributed by atoms with Crippen LogP contribution in [-0.4, -0.2) is 32.9 Å². The molecule has 0 atom stereocenters. The third kappa shape index (κ3) is 5.53. The van der Waals surface area contributed by atoms with Crippen molar-refractivity contribution in [1.82, 2.24) is 4.98 Å². The molecule has 4 rings (SSSR count). The molecule has 8 nitrogen and oxygen atoms in total. The van der Waals surface area contributed by atoms with Crippen LogP contribution in [0.15, 0.2) is 65.6 Å². The van der Waals surface area contributed by atoms with Crippen LogP contribution in [0.4, 0.5) is 17.1 Å². The van der Waals surface area contributed by atoms with Gasteiger partial charge in [-0.05, 0) is 62.1 Å². The highest BCUT2D eigenvalue weighted by Crippen LogP contribution is 2.38. The summed E-state index contributed by atoms with van der Waals surface area (Å²) in [5.41, 5.74) is 2.05. The van der Waals surface area contributed by atoms with Gasteiger partial charge in [0.1, 0.15) is 0 Å². The fourth-order valence-corrected chi connectivity index (χ4v) is 4.66. The molecule has 0 spiro atoms. The van der Waals surface area contributed by atoms with Crippen LogP contribution in [-0.2, 0) is 16.6 Å². The summed E-state index contributed by atoms with van der Waals surface area (Å²) in [7, 11) is -2.10. The van der Waals surface area contributed by atoms with Crippen molar-refractivity contribution in [1.29, 1.82) is 0 Å². The highest BCUT2D eigenvalue weighted by Gasteiger charge is 2.26. The maximum atomic E-state index is 13.2. The summed E-state index contributed by atoms with van der Waals surface area (Å²) in [4.78, 5) is 14.6. The molecule has 1 fully saturated rings. The molecule has 3 aromatic rings. The molecule has 1 aliphatic carbocycles. The van der Waals surface area contributed by atoms with Gasteiger partial charge >= 0.3 is 0 Å². The first-order chi connectivity index (χ1) is 16.4. The highest BCUT2D eigenvalue weighted by molar-refractivity contribution is 7.93. The lowest BCUT2D eigenvalue weighted by molar-refractivity contribution is 0.280. The van der Waals surface area contributed by atoms with Gasteiger partial charge in [0, 0.05) is 30.1 Å². The number of aromatic nitrogens is 1. The van der Waals surface area contributed by atoms with Crippen molar-refractivity contribution < 1.29 is 17.9 Å². The van der Waals surface area contributed by atoms with Crippen molar-refractivity contribution in [2.24, 2.45) is 5.92 Å². The van der Waals surface area contributed by atoms with E-state index >= 15 is 0 Å². The average molecular weight is 484 g/mol. The molecule has 0 unspecified atom stereocenters. The Morgan fingerprint density at radius 3 is 2.56 bits per heavy atom. The number of aromatic amines is 1. The van der Waals surface area contributed by atoms with Gasteiger partial charge in [0.05, 0.1) is 30.8 Å². The van der Waals surface area contributed by atoms with E-state index in [1.807, 2.05) is 6.07 Å². The van der Waals surface area contributed by atoms with Gasteiger partial charge in [-0.3, -0.25) is 4.79 Å². The van der Waals surface area contributed by atoms with Crippen molar-refractivity contribution in [3.05, 3.63) is 76.7 Å². The molecule has 180 valence electrons. The largest absolute Gasteiger partial charge is 0.493 e. The minimum atomic E-state index is -3.66. The first kappa shape index (κ1) is 23.7. The van der Waals surface area contributed by atoms with E-state index in [0.29, 0.717) is 53.2 Å².